The number of aliphatic hydroxyl groups is 1. The minimum atomic E-state index is -1.15. The van der Waals surface area contributed by atoms with E-state index < -0.39 is 23.5 Å². The van der Waals surface area contributed by atoms with Gasteiger partial charge in [-0.15, -0.1) is 0 Å². The van der Waals surface area contributed by atoms with E-state index in [4.69, 9.17) is 4.74 Å². The van der Waals surface area contributed by atoms with Gasteiger partial charge in [-0.2, -0.15) is 0 Å². The second kappa shape index (κ2) is 7.94. The van der Waals surface area contributed by atoms with Gasteiger partial charge in [0.05, 0.1) is 18.7 Å². The smallest absolute Gasteiger partial charge is 0.300 e. The van der Waals surface area contributed by atoms with Crippen LogP contribution in [0.15, 0.2) is 84.6 Å². The molecule has 1 saturated heterocycles. The zero-order valence-corrected chi connectivity index (χ0v) is 17.6. The van der Waals surface area contributed by atoms with E-state index in [2.05, 4.69) is 4.98 Å². The number of amides is 1. The zero-order chi connectivity index (χ0) is 23.1. The summed E-state index contributed by atoms with van der Waals surface area (Å²) in [6.45, 7) is 0. The average molecular weight is 442 g/mol. The summed E-state index contributed by atoms with van der Waals surface area (Å²) in [7, 11) is 1.52. The Bertz CT molecular complexity index is 1420. The van der Waals surface area contributed by atoms with Crippen LogP contribution in [0.25, 0.3) is 16.7 Å². The Morgan fingerprint density at radius 3 is 2.42 bits per heavy atom. The van der Waals surface area contributed by atoms with Crippen LogP contribution in [-0.4, -0.2) is 28.9 Å². The molecule has 7 heteroatoms. The fourth-order valence-electron chi connectivity index (χ4n) is 4.25. The van der Waals surface area contributed by atoms with Crippen LogP contribution < -0.4 is 9.64 Å². The first-order valence-electron chi connectivity index (χ1n) is 10.3. The van der Waals surface area contributed by atoms with Gasteiger partial charge in [-0.1, -0.05) is 36.4 Å². The average Bonchev–Trinajstić information content (AvgIpc) is 3.38. The third-order valence-corrected chi connectivity index (χ3v) is 5.84. The fourth-order valence-corrected chi connectivity index (χ4v) is 4.25. The number of Topliss-reactive ketones (excluding diaryl/α,β-unsaturated/α-hetero) is 1. The number of benzene rings is 3. The maximum absolute atomic E-state index is 15.0. The molecular formula is C26H19FN2O4. The first-order chi connectivity index (χ1) is 16.0. The van der Waals surface area contributed by atoms with Crippen LogP contribution in [0.3, 0.4) is 0 Å². The maximum Gasteiger partial charge on any atom is 0.300 e. The highest BCUT2D eigenvalue weighted by Crippen LogP contribution is 2.43. The highest BCUT2D eigenvalue weighted by Gasteiger charge is 2.48. The molecule has 0 spiro atoms. The predicted octanol–water partition coefficient (Wildman–Crippen LogP) is 4.94. The van der Waals surface area contributed by atoms with Gasteiger partial charge in [0, 0.05) is 33.9 Å². The number of para-hydroxylation sites is 1. The molecule has 1 aliphatic heterocycles. The molecule has 5 rings (SSSR count). The number of fused-ring (bicyclic) bond motifs is 1. The summed E-state index contributed by atoms with van der Waals surface area (Å²) in [6, 6.07) is 18.5. The molecule has 2 heterocycles. The van der Waals surface area contributed by atoms with Crippen LogP contribution in [0.1, 0.15) is 17.2 Å². The summed E-state index contributed by atoms with van der Waals surface area (Å²) in [6.07, 6.45) is 1.57. The maximum atomic E-state index is 15.0. The Labute approximate surface area is 188 Å². The van der Waals surface area contributed by atoms with Crippen molar-refractivity contribution in [2.75, 3.05) is 12.0 Å². The van der Waals surface area contributed by atoms with E-state index in [0.29, 0.717) is 22.4 Å². The fraction of sp³-hybridized carbons (Fsp3) is 0.0769. The van der Waals surface area contributed by atoms with Crippen molar-refractivity contribution in [1.82, 2.24) is 4.98 Å². The topological polar surface area (TPSA) is 82.6 Å². The second-order valence-corrected chi connectivity index (χ2v) is 7.64. The van der Waals surface area contributed by atoms with E-state index in [-0.39, 0.29) is 16.9 Å². The van der Waals surface area contributed by atoms with Crippen LogP contribution in [0, 0.1) is 5.82 Å². The van der Waals surface area contributed by atoms with Gasteiger partial charge in [-0.05, 0) is 36.4 Å². The number of aromatic nitrogens is 1. The highest BCUT2D eigenvalue weighted by molar-refractivity contribution is 6.51. The molecule has 3 aromatic carbocycles. The number of nitrogens with one attached hydrogen (secondary N) is 1. The van der Waals surface area contributed by atoms with E-state index >= 15 is 0 Å². The Morgan fingerprint density at radius 1 is 1.00 bits per heavy atom. The third-order valence-electron chi connectivity index (χ3n) is 5.84. The molecule has 1 unspecified atom stereocenters. The van der Waals surface area contributed by atoms with Crippen molar-refractivity contribution in [2.45, 2.75) is 6.04 Å². The van der Waals surface area contributed by atoms with E-state index in [1.54, 1.807) is 48.7 Å². The summed E-state index contributed by atoms with van der Waals surface area (Å²) >= 11 is 0. The largest absolute Gasteiger partial charge is 0.507 e. The number of aliphatic hydroxyl groups excluding tert-OH is 1. The van der Waals surface area contributed by atoms with Crippen molar-refractivity contribution in [3.8, 4) is 5.75 Å². The van der Waals surface area contributed by atoms with Crippen molar-refractivity contribution in [3.63, 3.8) is 0 Å². The van der Waals surface area contributed by atoms with E-state index in [1.165, 1.54) is 30.2 Å². The SMILES string of the molecule is COc1ccc(N2C(=O)C(=O)/C(=C(/O)c3c[nH]c4ccccc34)C2c2ccccc2F)cc1. The normalized spacial score (nSPS) is 17.6. The van der Waals surface area contributed by atoms with Gasteiger partial charge in [0.15, 0.2) is 0 Å². The lowest BCUT2D eigenvalue weighted by molar-refractivity contribution is -0.132. The number of anilines is 1. The van der Waals surface area contributed by atoms with Crippen LogP contribution in [0.5, 0.6) is 5.75 Å². The van der Waals surface area contributed by atoms with Crippen molar-refractivity contribution in [1.29, 1.82) is 0 Å². The quantitative estimate of drug-likeness (QED) is 0.266. The van der Waals surface area contributed by atoms with E-state index in [0.717, 1.165) is 5.52 Å². The number of nitrogens with zero attached hydrogens (tertiary/aromatic N) is 1. The standard InChI is InChI=1S/C26H19FN2O4/c1-33-16-12-10-15(11-13-16)29-23(18-7-2-4-8-20(18)27)22(25(31)26(29)32)24(30)19-14-28-21-9-5-3-6-17(19)21/h2-14,23,28,30H,1H3/b24-22+. The number of carbonyl (C=O) groups is 2. The number of carbonyl (C=O) groups excluding carboxylic acids is 2. The Kier molecular flexibility index (Phi) is 4.94. The number of ketones is 1. The number of hydrogen-bond donors (Lipinski definition) is 2. The molecule has 164 valence electrons. The zero-order valence-electron chi connectivity index (χ0n) is 17.6. The Hall–Kier alpha value is -4.39. The molecule has 1 atom stereocenters. The second-order valence-electron chi connectivity index (χ2n) is 7.64. The minimum Gasteiger partial charge on any atom is -0.507 e. The molecule has 6 nitrogen and oxygen atoms in total. The molecular weight excluding hydrogens is 423 g/mol. The first-order valence-corrected chi connectivity index (χ1v) is 10.3. The van der Waals surface area contributed by atoms with Gasteiger partial charge in [0.2, 0.25) is 0 Å². The van der Waals surface area contributed by atoms with Crippen molar-refractivity contribution in [2.24, 2.45) is 0 Å². The molecule has 1 amide bonds. The summed E-state index contributed by atoms with van der Waals surface area (Å²) in [4.78, 5) is 30.6. The molecule has 33 heavy (non-hydrogen) atoms. The minimum absolute atomic E-state index is 0.105. The van der Waals surface area contributed by atoms with Gasteiger partial charge < -0.3 is 14.8 Å². The van der Waals surface area contributed by atoms with E-state index in [1.807, 2.05) is 12.1 Å². The van der Waals surface area contributed by atoms with Crippen molar-refractivity contribution in [3.05, 3.63) is 102 Å². The predicted molar refractivity (Wildman–Crippen MR) is 122 cm³/mol. The lowest BCUT2D eigenvalue weighted by Crippen LogP contribution is -2.29. The molecule has 0 bridgehead atoms. The third kappa shape index (κ3) is 3.25. The van der Waals surface area contributed by atoms with Crippen molar-refractivity contribution < 1.29 is 23.8 Å². The molecule has 0 aliphatic carbocycles. The number of halogens is 1. The van der Waals surface area contributed by atoms with Crippen LogP contribution in [0.4, 0.5) is 10.1 Å². The monoisotopic (exact) mass is 442 g/mol. The van der Waals surface area contributed by atoms with Gasteiger partial charge >= 0.3 is 0 Å². The molecule has 1 fully saturated rings. The number of methoxy groups -OCH3 is 1. The molecule has 1 aliphatic rings. The van der Waals surface area contributed by atoms with Gasteiger partial charge in [0.1, 0.15) is 17.3 Å². The Balaban J connectivity index is 1.75. The van der Waals surface area contributed by atoms with Crippen LogP contribution in [-0.2, 0) is 9.59 Å². The molecule has 0 saturated carbocycles. The van der Waals surface area contributed by atoms with E-state index in [9.17, 15) is 19.1 Å². The number of hydrogen-bond acceptors (Lipinski definition) is 4. The Morgan fingerprint density at radius 2 is 1.70 bits per heavy atom. The molecule has 4 aromatic rings. The van der Waals surface area contributed by atoms with Crippen molar-refractivity contribution >= 4 is 34.0 Å². The highest BCUT2D eigenvalue weighted by atomic mass is 19.1. The molecule has 2 N–H and O–H groups in total. The van der Waals surface area contributed by atoms with Gasteiger partial charge in [0.25, 0.3) is 11.7 Å². The summed E-state index contributed by atoms with van der Waals surface area (Å²) in [5, 5.41) is 12.0. The lowest BCUT2D eigenvalue weighted by Gasteiger charge is -2.25. The number of rotatable bonds is 4. The first kappa shape index (κ1) is 20.5. The number of H-pyrrole nitrogens is 1. The van der Waals surface area contributed by atoms with Crippen LogP contribution in [0.2, 0.25) is 0 Å². The summed E-state index contributed by atoms with van der Waals surface area (Å²) in [5.41, 5.74) is 1.43. The summed E-state index contributed by atoms with van der Waals surface area (Å²) in [5.74, 6) is -2.13. The number of ether oxygens (including phenoxy) is 1. The number of aromatic amines is 1. The van der Waals surface area contributed by atoms with Crippen LogP contribution >= 0.6 is 0 Å². The molecule has 0 radical (unpaired) electrons. The van der Waals surface area contributed by atoms with Gasteiger partial charge in [-0.25, -0.2) is 4.39 Å². The summed E-state index contributed by atoms with van der Waals surface area (Å²) < 4.78 is 20.1. The van der Waals surface area contributed by atoms with Gasteiger partial charge in [-0.3, -0.25) is 14.5 Å². The molecule has 1 aromatic heterocycles. The lowest BCUT2D eigenvalue weighted by atomic mass is 9.94.